The van der Waals surface area contributed by atoms with Crippen molar-refractivity contribution in [1.82, 2.24) is 0 Å². The molecular formula is C12H12O2S. The zero-order chi connectivity index (χ0) is 11.0. The number of aryl methyl sites for hydroxylation is 2. The molecule has 0 unspecified atom stereocenters. The molecule has 2 aromatic rings. The van der Waals surface area contributed by atoms with Gasteiger partial charge in [0.15, 0.2) is 6.29 Å². The van der Waals surface area contributed by atoms with Crippen LogP contribution >= 0.6 is 11.3 Å². The van der Waals surface area contributed by atoms with Gasteiger partial charge in [-0.15, -0.1) is 11.3 Å². The minimum Gasteiger partial charge on any atom is -0.496 e. The van der Waals surface area contributed by atoms with Crippen LogP contribution in [0, 0.1) is 13.8 Å². The molecule has 0 fully saturated rings. The van der Waals surface area contributed by atoms with E-state index in [1.165, 1.54) is 22.5 Å². The minimum absolute atomic E-state index is 0.747. The molecule has 0 amide bonds. The highest BCUT2D eigenvalue weighted by Gasteiger charge is 2.10. The number of benzene rings is 1. The van der Waals surface area contributed by atoms with Gasteiger partial charge < -0.3 is 4.74 Å². The summed E-state index contributed by atoms with van der Waals surface area (Å²) in [6.45, 7) is 4.12. The normalized spacial score (nSPS) is 10.6. The third kappa shape index (κ3) is 1.53. The predicted octanol–water partition coefficient (Wildman–Crippen LogP) is 3.34. The van der Waals surface area contributed by atoms with E-state index in [-0.39, 0.29) is 0 Å². The second kappa shape index (κ2) is 3.66. The maximum absolute atomic E-state index is 10.7. The number of hydrogen-bond acceptors (Lipinski definition) is 3. The quantitative estimate of drug-likeness (QED) is 0.725. The topological polar surface area (TPSA) is 26.3 Å². The summed E-state index contributed by atoms with van der Waals surface area (Å²) < 4.78 is 6.46. The number of carbonyl (C=O) groups excluding carboxylic acids is 1. The van der Waals surface area contributed by atoms with E-state index in [0.29, 0.717) is 0 Å². The molecule has 78 valence electrons. The number of thiophene rings is 1. The van der Waals surface area contributed by atoms with Crippen LogP contribution in [0.5, 0.6) is 5.75 Å². The maximum atomic E-state index is 10.7. The number of methoxy groups -OCH3 is 1. The van der Waals surface area contributed by atoms with E-state index in [9.17, 15) is 4.79 Å². The third-order valence-corrected chi connectivity index (χ3v) is 3.81. The monoisotopic (exact) mass is 220 g/mol. The first-order valence-electron chi connectivity index (χ1n) is 4.70. The van der Waals surface area contributed by atoms with Crippen LogP contribution in [0.1, 0.15) is 20.8 Å². The summed E-state index contributed by atoms with van der Waals surface area (Å²) in [4.78, 5) is 11.5. The molecule has 0 atom stereocenters. The van der Waals surface area contributed by atoms with Crippen LogP contribution in [0.25, 0.3) is 10.1 Å². The molecule has 3 heteroatoms. The van der Waals surface area contributed by atoms with E-state index in [2.05, 4.69) is 13.8 Å². The molecule has 0 spiro atoms. The largest absolute Gasteiger partial charge is 0.496 e. The van der Waals surface area contributed by atoms with Gasteiger partial charge >= 0.3 is 0 Å². The van der Waals surface area contributed by atoms with Gasteiger partial charge in [0.2, 0.25) is 0 Å². The Morgan fingerprint density at radius 3 is 2.67 bits per heavy atom. The molecule has 0 radical (unpaired) electrons. The van der Waals surface area contributed by atoms with Gasteiger partial charge in [-0.05, 0) is 37.1 Å². The Kier molecular flexibility index (Phi) is 2.49. The molecule has 1 aromatic heterocycles. The van der Waals surface area contributed by atoms with Crippen LogP contribution in [-0.2, 0) is 0 Å². The van der Waals surface area contributed by atoms with E-state index in [0.717, 1.165) is 27.0 Å². The van der Waals surface area contributed by atoms with Crippen LogP contribution in [0.2, 0.25) is 0 Å². The van der Waals surface area contributed by atoms with Crippen molar-refractivity contribution in [2.75, 3.05) is 7.11 Å². The van der Waals surface area contributed by atoms with Crippen LogP contribution in [-0.4, -0.2) is 13.4 Å². The Hall–Kier alpha value is -1.35. The molecule has 2 nitrogen and oxygen atoms in total. The van der Waals surface area contributed by atoms with Crippen molar-refractivity contribution in [3.63, 3.8) is 0 Å². The summed E-state index contributed by atoms with van der Waals surface area (Å²) in [6, 6.07) is 3.90. The summed E-state index contributed by atoms with van der Waals surface area (Å²) in [6.07, 6.45) is 0.888. The van der Waals surface area contributed by atoms with Crippen molar-refractivity contribution >= 4 is 27.7 Å². The summed E-state index contributed by atoms with van der Waals surface area (Å²) in [5.74, 6) is 0.845. The standard InChI is InChI=1S/C12H12O2S/c1-7-4-11(14-3)10-5-9(6-13)15-12(10)8(7)2/h4-6H,1-3H3. The first kappa shape index (κ1) is 10.2. The molecule has 0 bridgehead atoms. The Labute approximate surface area is 92.5 Å². The second-order valence-electron chi connectivity index (χ2n) is 3.53. The van der Waals surface area contributed by atoms with Gasteiger partial charge in [0, 0.05) is 10.1 Å². The number of aldehydes is 1. The Bertz CT molecular complexity index is 526. The van der Waals surface area contributed by atoms with Crippen molar-refractivity contribution < 1.29 is 9.53 Å². The predicted molar refractivity (Wildman–Crippen MR) is 63.2 cm³/mol. The van der Waals surface area contributed by atoms with E-state index in [4.69, 9.17) is 4.74 Å². The molecular weight excluding hydrogens is 208 g/mol. The fraction of sp³-hybridized carbons (Fsp3) is 0.250. The smallest absolute Gasteiger partial charge is 0.160 e. The molecule has 1 aromatic carbocycles. The summed E-state index contributed by atoms with van der Waals surface area (Å²) in [5, 5.41) is 1.03. The first-order valence-corrected chi connectivity index (χ1v) is 5.52. The van der Waals surface area contributed by atoms with E-state index >= 15 is 0 Å². The molecule has 0 aliphatic heterocycles. The maximum Gasteiger partial charge on any atom is 0.160 e. The molecule has 0 aliphatic rings. The number of carbonyl (C=O) groups is 1. The molecule has 0 aliphatic carbocycles. The average Bonchev–Trinajstić information content (AvgIpc) is 2.67. The van der Waals surface area contributed by atoms with E-state index in [1.54, 1.807) is 7.11 Å². The number of rotatable bonds is 2. The van der Waals surface area contributed by atoms with Crippen LogP contribution < -0.4 is 4.74 Å². The SMILES string of the molecule is COc1cc(C)c(C)c2sc(C=O)cc12. The van der Waals surface area contributed by atoms with Crippen molar-refractivity contribution in [1.29, 1.82) is 0 Å². The number of hydrogen-bond donors (Lipinski definition) is 0. The average molecular weight is 220 g/mol. The van der Waals surface area contributed by atoms with Gasteiger partial charge in [0.25, 0.3) is 0 Å². The highest BCUT2D eigenvalue weighted by molar-refractivity contribution is 7.20. The summed E-state index contributed by atoms with van der Waals surface area (Å²) >= 11 is 1.52. The lowest BCUT2D eigenvalue weighted by Gasteiger charge is -2.06. The Morgan fingerprint density at radius 1 is 1.33 bits per heavy atom. The summed E-state index contributed by atoms with van der Waals surface area (Å²) in [7, 11) is 1.65. The summed E-state index contributed by atoms with van der Waals surface area (Å²) in [5.41, 5.74) is 2.42. The Morgan fingerprint density at radius 2 is 2.07 bits per heavy atom. The molecule has 15 heavy (non-hydrogen) atoms. The molecule has 0 saturated carbocycles. The highest BCUT2D eigenvalue weighted by atomic mass is 32.1. The van der Waals surface area contributed by atoms with E-state index < -0.39 is 0 Å². The van der Waals surface area contributed by atoms with Gasteiger partial charge in [-0.2, -0.15) is 0 Å². The minimum atomic E-state index is 0.747. The van der Waals surface area contributed by atoms with E-state index in [1.807, 2.05) is 12.1 Å². The Balaban J connectivity index is 2.86. The zero-order valence-electron chi connectivity index (χ0n) is 8.96. The van der Waals surface area contributed by atoms with Crippen molar-refractivity contribution in [2.45, 2.75) is 13.8 Å². The lowest BCUT2D eigenvalue weighted by Crippen LogP contribution is -1.87. The van der Waals surface area contributed by atoms with Gasteiger partial charge in [0.05, 0.1) is 12.0 Å². The highest BCUT2D eigenvalue weighted by Crippen LogP contribution is 2.36. The van der Waals surface area contributed by atoms with Gasteiger partial charge in [-0.25, -0.2) is 0 Å². The van der Waals surface area contributed by atoms with Crippen molar-refractivity contribution in [2.24, 2.45) is 0 Å². The van der Waals surface area contributed by atoms with Gasteiger partial charge in [-0.1, -0.05) is 0 Å². The van der Waals surface area contributed by atoms with Gasteiger partial charge in [0.1, 0.15) is 5.75 Å². The van der Waals surface area contributed by atoms with Crippen LogP contribution in [0.15, 0.2) is 12.1 Å². The third-order valence-electron chi connectivity index (χ3n) is 2.63. The molecule has 0 N–H and O–H groups in total. The number of ether oxygens (including phenoxy) is 1. The first-order chi connectivity index (χ1) is 7.17. The van der Waals surface area contributed by atoms with Crippen LogP contribution in [0.4, 0.5) is 0 Å². The fourth-order valence-corrected chi connectivity index (χ4v) is 2.70. The molecule has 1 heterocycles. The second-order valence-corrected chi connectivity index (χ2v) is 4.61. The lowest BCUT2D eigenvalue weighted by atomic mass is 10.1. The zero-order valence-corrected chi connectivity index (χ0v) is 9.77. The van der Waals surface area contributed by atoms with Crippen molar-refractivity contribution in [3.05, 3.63) is 28.1 Å². The fourth-order valence-electron chi connectivity index (χ4n) is 1.66. The van der Waals surface area contributed by atoms with Gasteiger partial charge in [-0.3, -0.25) is 4.79 Å². The van der Waals surface area contributed by atoms with Crippen molar-refractivity contribution in [3.8, 4) is 5.75 Å². The van der Waals surface area contributed by atoms with Crippen LogP contribution in [0.3, 0.4) is 0 Å². The lowest BCUT2D eigenvalue weighted by molar-refractivity contribution is 0.112. The number of fused-ring (bicyclic) bond motifs is 1. The molecule has 0 saturated heterocycles. The molecule has 2 rings (SSSR count).